The van der Waals surface area contributed by atoms with Gasteiger partial charge in [-0.1, -0.05) is 70.4 Å². The second kappa shape index (κ2) is 10.6. The van der Waals surface area contributed by atoms with Gasteiger partial charge in [-0.2, -0.15) is 0 Å². The minimum Gasteiger partial charge on any atom is -0.507 e. The van der Waals surface area contributed by atoms with E-state index in [1.165, 1.54) is 4.90 Å². The molecule has 0 bridgehead atoms. The van der Waals surface area contributed by atoms with Crippen LogP contribution in [0, 0.1) is 13.8 Å². The Morgan fingerprint density at radius 3 is 2.42 bits per heavy atom. The summed E-state index contributed by atoms with van der Waals surface area (Å²) in [5.74, 6) is -1.40. The molecule has 4 aromatic rings. The van der Waals surface area contributed by atoms with Gasteiger partial charge in [-0.3, -0.25) is 14.5 Å². The maximum atomic E-state index is 13.3. The number of hydrogen-bond donors (Lipinski definition) is 1. The summed E-state index contributed by atoms with van der Waals surface area (Å²) in [7, 11) is 0. The zero-order chi connectivity index (χ0) is 27.0. The van der Waals surface area contributed by atoms with Crippen LogP contribution in [0.4, 0.5) is 5.13 Å². The van der Waals surface area contributed by atoms with Crippen LogP contribution in [0.5, 0.6) is 5.75 Å². The number of carbonyl (C=O) groups is 2. The van der Waals surface area contributed by atoms with Crippen molar-refractivity contribution in [3.63, 3.8) is 0 Å². The number of nitrogens with zero attached hydrogens (tertiary/aromatic N) is 3. The number of ether oxygens (including phenoxy) is 1. The predicted molar refractivity (Wildman–Crippen MR) is 148 cm³/mol. The third kappa shape index (κ3) is 5.03. The number of ketones is 1. The number of amides is 1. The van der Waals surface area contributed by atoms with E-state index < -0.39 is 17.7 Å². The molecule has 0 saturated carbocycles. The molecule has 0 aliphatic carbocycles. The van der Waals surface area contributed by atoms with Crippen molar-refractivity contribution in [1.29, 1.82) is 0 Å². The van der Waals surface area contributed by atoms with Gasteiger partial charge >= 0.3 is 5.91 Å². The molecule has 1 aliphatic heterocycles. The highest BCUT2D eigenvalue weighted by Crippen LogP contribution is 2.44. The Kier molecular flexibility index (Phi) is 7.21. The van der Waals surface area contributed by atoms with Crippen molar-refractivity contribution in [2.45, 2.75) is 26.5 Å². The predicted octanol–water partition coefficient (Wildman–Crippen LogP) is 6.67. The van der Waals surface area contributed by atoms with Gasteiger partial charge in [0.05, 0.1) is 21.7 Å². The van der Waals surface area contributed by atoms with Gasteiger partial charge in [-0.15, -0.1) is 10.2 Å². The standard InChI is InChI=1S/C28H21Cl2N3O4S/c1-15-4-3-5-17(12-15)14-37-20-9-6-18(7-10-20)25(34)23-24(19-8-11-21(29)22(30)13-19)33(27(36)26(23)35)28-32-31-16(2)38-28/h3-13,24,34H,14H2,1-2H3. The molecule has 0 spiro atoms. The number of aryl methyl sites for hydroxylation is 2. The van der Waals surface area contributed by atoms with Gasteiger partial charge < -0.3 is 9.84 Å². The lowest BCUT2D eigenvalue weighted by atomic mass is 9.95. The number of aliphatic hydroxyl groups excluding tert-OH is 1. The first-order chi connectivity index (χ1) is 18.2. The lowest BCUT2D eigenvalue weighted by Gasteiger charge is -2.23. The van der Waals surface area contributed by atoms with Crippen molar-refractivity contribution < 1.29 is 19.4 Å². The van der Waals surface area contributed by atoms with Crippen LogP contribution < -0.4 is 9.64 Å². The van der Waals surface area contributed by atoms with E-state index in [9.17, 15) is 14.7 Å². The highest BCUT2D eigenvalue weighted by Gasteiger charge is 2.48. The molecule has 5 rings (SSSR count). The smallest absolute Gasteiger partial charge is 0.301 e. The molecule has 0 radical (unpaired) electrons. The van der Waals surface area contributed by atoms with Crippen LogP contribution in [0.15, 0.2) is 72.3 Å². The Balaban J connectivity index is 1.52. The molecule has 1 fully saturated rings. The molecule has 38 heavy (non-hydrogen) atoms. The number of Topliss-reactive ketones (excluding diaryl/α,β-unsaturated/α-hetero) is 1. The first kappa shape index (κ1) is 25.9. The van der Waals surface area contributed by atoms with E-state index in [2.05, 4.69) is 10.2 Å². The summed E-state index contributed by atoms with van der Waals surface area (Å²) < 4.78 is 5.87. The van der Waals surface area contributed by atoms with Crippen LogP contribution >= 0.6 is 34.5 Å². The van der Waals surface area contributed by atoms with Crippen molar-refractivity contribution in [3.05, 3.63) is 110 Å². The van der Waals surface area contributed by atoms with Gasteiger partial charge in [0.15, 0.2) is 0 Å². The monoisotopic (exact) mass is 565 g/mol. The average Bonchev–Trinajstić information content (AvgIpc) is 3.44. The minimum absolute atomic E-state index is 0.0883. The second-order valence-electron chi connectivity index (χ2n) is 8.75. The summed E-state index contributed by atoms with van der Waals surface area (Å²) in [5.41, 5.74) is 2.93. The molecule has 1 N–H and O–H groups in total. The highest BCUT2D eigenvalue weighted by molar-refractivity contribution is 7.15. The third-order valence-electron chi connectivity index (χ3n) is 6.04. The van der Waals surface area contributed by atoms with Gasteiger partial charge in [-0.05, 0) is 61.4 Å². The van der Waals surface area contributed by atoms with Crippen LogP contribution in [0.2, 0.25) is 10.0 Å². The van der Waals surface area contributed by atoms with Crippen molar-refractivity contribution >= 4 is 57.1 Å². The molecule has 3 aromatic carbocycles. The fourth-order valence-corrected chi connectivity index (χ4v) is 5.27. The zero-order valence-corrected chi connectivity index (χ0v) is 22.6. The van der Waals surface area contributed by atoms with E-state index in [-0.39, 0.29) is 21.5 Å². The van der Waals surface area contributed by atoms with E-state index >= 15 is 0 Å². The molecule has 1 amide bonds. The van der Waals surface area contributed by atoms with E-state index in [0.717, 1.165) is 22.5 Å². The van der Waals surface area contributed by atoms with Gasteiger partial charge in [-0.25, -0.2) is 0 Å². The number of halogens is 2. The quantitative estimate of drug-likeness (QED) is 0.159. The molecule has 10 heteroatoms. The lowest BCUT2D eigenvalue weighted by molar-refractivity contribution is -0.132. The minimum atomic E-state index is -0.977. The molecule has 1 saturated heterocycles. The summed E-state index contributed by atoms with van der Waals surface area (Å²) >= 11 is 13.5. The summed E-state index contributed by atoms with van der Waals surface area (Å²) in [6.07, 6.45) is 0. The number of aromatic nitrogens is 2. The van der Waals surface area contributed by atoms with E-state index in [1.807, 2.05) is 31.2 Å². The fourth-order valence-electron chi connectivity index (χ4n) is 4.24. The van der Waals surface area contributed by atoms with E-state index in [0.29, 0.717) is 33.5 Å². The maximum Gasteiger partial charge on any atom is 0.301 e. The topological polar surface area (TPSA) is 92.6 Å². The number of hydrogen-bond acceptors (Lipinski definition) is 7. The van der Waals surface area contributed by atoms with Crippen LogP contribution in [0.3, 0.4) is 0 Å². The largest absolute Gasteiger partial charge is 0.507 e. The normalized spacial score (nSPS) is 16.7. The van der Waals surface area contributed by atoms with Crippen molar-refractivity contribution in [3.8, 4) is 5.75 Å². The molecular formula is C28H21Cl2N3O4S. The Labute approximate surface area is 232 Å². The van der Waals surface area contributed by atoms with Gasteiger partial charge in [0, 0.05) is 5.56 Å². The molecule has 1 aliphatic rings. The molecule has 2 heterocycles. The van der Waals surface area contributed by atoms with Crippen LogP contribution in [0.1, 0.15) is 33.3 Å². The molecule has 1 aromatic heterocycles. The van der Waals surface area contributed by atoms with Gasteiger partial charge in [0.2, 0.25) is 5.13 Å². The Morgan fingerprint density at radius 1 is 1.00 bits per heavy atom. The molecular weight excluding hydrogens is 545 g/mol. The molecule has 7 nitrogen and oxygen atoms in total. The van der Waals surface area contributed by atoms with Gasteiger partial charge in [0.1, 0.15) is 23.1 Å². The average molecular weight is 566 g/mol. The maximum absolute atomic E-state index is 13.3. The molecule has 1 unspecified atom stereocenters. The Morgan fingerprint density at radius 2 is 1.76 bits per heavy atom. The zero-order valence-electron chi connectivity index (χ0n) is 20.3. The van der Waals surface area contributed by atoms with Crippen LogP contribution in [-0.4, -0.2) is 27.0 Å². The summed E-state index contributed by atoms with van der Waals surface area (Å²) in [4.78, 5) is 27.7. The van der Waals surface area contributed by atoms with Crippen molar-refractivity contribution in [1.82, 2.24) is 10.2 Å². The number of aliphatic hydroxyl groups is 1. The Bertz CT molecular complexity index is 1580. The Hall–Kier alpha value is -3.72. The molecule has 192 valence electrons. The van der Waals surface area contributed by atoms with Gasteiger partial charge in [0.25, 0.3) is 5.78 Å². The number of anilines is 1. The van der Waals surface area contributed by atoms with Crippen molar-refractivity contribution in [2.24, 2.45) is 0 Å². The first-order valence-electron chi connectivity index (χ1n) is 11.6. The first-order valence-corrected chi connectivity index (χ1v) is 13.1. The second-order valence-corrected chi connectivity index (χ2v) is 10.7. The lowest BCUT2D eigenvalue weighted by Crippen LogP contribution is -2.29. The number of rotatable bonds is 6. The number of carbonyl (C=O) groups excluding carboxylic acids is 2. The van der Waals surface area contributed by atoms with Crippen LogP contribution in [0.25, 0.3) is 5.76 Å². The molecule has 1 atom stereocenters. The fraction of sp³-hybridized carbons (Fsp3) is 0.143. The van der Waals surface area contributed by atoms with E-state index in [1.54, 1.807) is 49.4 Å². The number of benzene rings is 3. The highest BCUT2D eigenvalue weighted by atomic mass is 35.5. The van der Waals surface area contributed by atoms with Crippen LogP contribution in [-0.2, 0) is 16.2 Å². The summed E-state index contributed by atoms with van der Waals surface area (Å²) in [6.45, 7) is 4.15. The summed E-state index contributed by atoms with van der Waals surface area (Å²) in [5, 5.41) is 20.8. The van der Waals surface area contributed by atoms with E-state index in [4.69, 9.17) is 27.9 Å². The summed E-state index contributed by atoms with van der Waals surface area (Å²) in [6, 6.07) is 18.5. The van der Waals surface area contributed by atoms with Crippen molar-refractivity contribution in [2.75, 3.05) is 4.90 Å². The SMILES string of the molecule is Cc1cccc(COc2ccc(C(O)=C3C(=O)C(=O)N(c4nnc(C)s4)C3c3ccc(Cl)c(Cl)c3)cc2)c1. The third-order valence-corrected chi connectivity index (χ3v) is 7.62.